The van der Waals surface area contributed by atoms with E-state index < -0.39 is 0 Å². The molecule has 0 aliphatic heterocycles. The maximum absolute atomic E-state index is 9.02. The molecule has 80 valence electrons. The van der Waals surface area contributed by atoms with Gasteiger partial charge in [-0.05, 0) is 11.6 Å². The van der Waals surface area contributed by atoms with Crippen molar-refractivity contribution in [2.75, 3.05) is 0 Å². The van der Waals surface area contributed by atoms with Crippen molar-refractivity contribution in [2.24, 2.45) is 0 Å². The van der Waals surface area contributed by atoms with Gasteiger partial charge < -0.3 is 9.52 Å². The third-order valence-electron chi connectivity index (χ3n) is 2.35. The number of benzene rings is 1. The van der Waals surface area contributed by atoms with Crippen LogP contribution in [0.25, 0.3) is 0 Å². The number of nitriles is 1. The molecular weight excluding hydrogens is 202 g/mol. The Bertz CT molecular complexity index is 508. The summed E-state index contributed by atoms with van der Waals surface area (Å²) < 4.78 is 5.34. The normalized spacial score (nSPS) is 10.0. The van der Waals surface area contributed by atoms with Crippen LogP contribution in [0.5, 0.6) is 0 Å². The van der Waals surface area contributed by atoms with Crippen molar-refractivity contribution >= 4 is 0 Å². The molecule has 0 aliphatic rings. The number of nitrogens with zero attached hydrogens (tertiary/aromatic N) is 1. The number of rotatable bonds is 3. The van der Waals surface area contributed by atoms with Gasteiger partial charge in [-0.1, -0.05) is 30.3 Å². The van der Waals surface area contributed by atoms with Crippen LogP contribution in [0.1, 0.15) is 22.6 Å². The minimum Gasteiger partial charge on any atom is -0.450 e. The molecule has 0 radical (unpaired) electrons. The fraction of sp³-hybridized carbons (Fsp3) is 0.154. The molecule has 1 aromatic carbocycles. The number of aliphatic hydroxyl groups excluding tert-OH is 1. The molecule has 3 heteroatoms. The zero-order chi connectivity index (χ0) is 11.4. The largest absolute Gasteiger partial charge is 0.450 e. The first-order valence-corrected chi connectivity index (χ1v) is 5.00. The Labute approximate surface area is 93.6 Å². The van der Waals surface area contributed by atoms with E-state index in [0.717, 1.165) is 5.56 Å². The van der Waals surface area contributed by atoms with E-state index in [1.54, 1.807) is 6.07 Å². The zero-order valence-electron chi connectivity index (χ0n) is 8.68. The summed E-state index contributed by atoms with van der Waals surface area (Å²) >= 11 is 0. The van der Waals surface area contributed by atoms with E-state index in [1.807, 2.05) is 36.4 Å². The minimum atomic E-state index is -0.165. The van der Waals surface area contributed by atoms with Crippen molar-refractivity contribution in [3.8, 4) is 6.07 Å². The molecule has 1 heterocycles. The average Bonchev–Trinajstić information content (AvgIpc) is 2.72. The molecule has 3 nitrogen and oxygen atoms in total. The van der Waals surface area contributed by atoms with Crippen molar-refractivity contribution in [3.63, 3.8) is 0 Å². The van der Waals surface area contributed by atoms with Crippen molar-refractivity contribution in [3.05, 3.63) is 59.0 Å². The van der Waals surface area contributed by atoms with Crippen LogP contribution in [0, 0.1) is 11.3 Å². The zero-order valence-corrected chi connectivity index (χ0v) is 8.68. The molecular formula is C13H11NO2. The van der Waals surface area contributed by atoms with Crippen LogP contribution in [0.4, 0.5) is 0 Å². The van der Waals surface area contributed by atoms with Gasteiger partial charge in [0, 0.05) is 12.0 Å². The third-order valence-corrected chi connectivity index (χ3v) is 2.35. The van der Waals surface area contributed by atoms with Gasteiger partial charge in [0.05, 0.1) is 6.61 Å². The van der Waals surface area contributed by atoms with Gasteiger partial charge in [-0.25, -0.2) is 0 Å². The molecule has 0 fully saturated rings. The van der Waals surface area contributed by atoms with E-state index in [2.05, 4.69) is 0 Å². The van der Waals surface area contributed by atoms with Gasteiger partial charge in [0.2, 0.25) is 5.76 Å². The van der Waals surface area contributed by atoms with Crippen LogP contribution in [0.3, 0.4) is 0 Å². The molecule has 2 rings (SSSR count). The number of furan rings is 1. The Morgan fingerprint density at radius 2 is 2.00 bits per heavy atom. The quantitative estimate of drug-likeness (QED) is 0.850. The highest BCUT2D eigenvalue weighted by Crippen LogP contribution is 2.17. The predicted molar refractivity (Wildman–Crippen MR) is 58.6 cm³/mol. The number of hydrogen-bond acceptors (Lipinski definition) is 3. The van der Waals surface area contributed by atoms with E-state index >= 15 is 0 Å². The Balaban J connectivity index is 2.23. The summed E-state index contributed by atoms with van der Waals surface area (Å²) in [6.45, 7) is -0.165. The van der Waals surface area contributed by atoms with E-state index in [9.17, 15) is 0 Å². The Kier molecular flexibility index (Phi) is 3.04. The first-order valence-electron chi connectivity index (χ1n) is 5.00. The molecule has 0 spiro atoms. The maximum atomic E-state index is 9.02. The molecule has 0 saturated heterocycles. The highest BCUT2D eigenvalue weighted by atomic mass is 16.3. The molecule has 0 saturated carbocycles. The second-order valence-electron chi connectivity index (χ2n) is 3.50. The smallest absolute Gasteiger partial charge is 0.209 e. The van der Waals surface area contributed by atoms with E-state index in [-0.39, 0.29) is 12.4 Å². The van der Waals surface area contributed by atoms with Crippen molar-refractivity contribution in [1.29, 1.82) is 5.26 Å². The first-order chi connectivity index (χ1) is 7.83. The molecule has 0 bridgehead atoms. The SMILES string of the molecule is N#Cc1oc(Cc2ccccc2)cc1CO. The van der Waals surface area contributed by atoms with Gasteiger partial charge in [-0.15, -0.1) is 0 Å². The second kappa shape index (κ2) is 4.65. The molecule has 1 N–H and O–H groups in total. The van der Waals surface area contributed by atoms with Crippen LogP contribution in [-0.4, -0.2) is 5.11 Å². The topological polar surface area (TPSA) is 57.2 Å². The number of hydrogen-bond donors (Lipinski definition) is 1. The van der Waals surface area contributed by atoms with Crippen LogP contribution in [0.15, 0.2) is 40.8 Å². The lowest BCUT2D eigenvalue weighted by Crippen LogP contribution is -1.84. The standard InChI is InChI=1S/C13H11NO2/c14-8-13-11(9-15)7-12(16-13)6-10-4-2-1-3-5-10/h1-5,7,15H,6,9H2. The highest BCUT2D eigenvalue weighted by molar-refractivity contribution is 5.32. The summed E-state index contributed by atoms with van der Waals surface area (Å²) in [5.74, 6) is 0.903. The average molecular weight is 213 g/mol. The summed E-state index contributed by atoms with van der Waals surface area (Å²) in [7, 11) is 0. The lowest BCUT2D eigenvalue weighted by molar-refractivity contribution is 0.280. The number of aliphatic hydroxyl groups is 1. The summed E-state index contributed by atoms with van der Waals surface area (Å²) in [5, 5.41) is 17.8. The van der Waals surface area contributed by atoms with E-state index in [4.69, 9.17) is 14.8 Å². The summed E-state index contributed by atoms with van der Waals surface area (Å²) in [5.41, 5.74) is 1.67. The van der Waals surface area contributed by atoms with E-state index in [1.165, 1.54) is 0 Å². The summed E-state index contributed by atoms with van der Waals surface area (Å²) in [4.78, 5) is 0. The minimum absolute atomic E-state index is 0.165. The molecule has 0 atom stereocenters. The molecule has 1 aromatic heterocycles. The van der Waals surface area contributed by atoms with E-state index in [0.29, 0.717) is 17.7 Å². The van der Waals surface area contributed by atoms with Crippen molar-refractivity contribution in [2.45, 2.75) is 13.0 Å². The summed E-state index contributed by atoms with van der Waals surface area (Å²) in [6.07, 6.45) is 0.634. The van der Waals surface area contributed by atoms with Crippen molar-refractivity contribution < 1.29 is 9.52 Å². The lowest BCUT2D eigenvalue weighted by atomic mass is 10.1. The third kappa shape index (κ3) is 2.13. The van der Waals surface area contributed by atoms with Crippen LogP contribution in [-0.2, 0) is 13.0 Å². The van der Waals surface area contributed by atoms with Gasteiger partial charge in [0.15, 0.2) is 0 Å². The summed E-state index contributed by atoms with van der Waals surface area (Å²) in [6, 6.07) is 13.5. The Morgan fingerprint density at radius 3 is 2.56 bits per heavy atom. The molecule has 0 aliphatic carbocycles. The second-order valence-corrected chi connectivity index (χ2v) is 3.50. The fourth-order valence-corrected chi connectivity index (χ4v) is 1.58. The first kappa shape index (κ1) is 10.5. The van der Waals surface area contributed by atoms with Crippen LogP contribution < -0.4 is 0 Å². The maximum Gasteiger partial charge on any atom is 0.209 e. The lowest BCUT2D eigenvalue weighted by Gasteiger charge is -1.95. The monoisotopic (exact) mass is 213 g/mol. The van der Waals surface area contributed by atoms with Crippen molar-refractivity contribution in [1.82, 2.24) is 0 Å². The highest BCUT2D eigenvalue weighted by Gasteiger charge is 2.09. The van der Waals surface area contributed by atoms with Gasteiger partial charge in [0.1, 0.15) is 11.8 Å². The van der Waals surface area contributed by atoms with Crippen LogP contribution in [0.2, 0.25) is 0 Å². The predicted octanol–water partition coefficient (Wildman–Crippen LogP) is 2.23. The van der Waals surface area contributed by atoms with Gasteiger partial charge in [-0.2, -0.15) is 5.26 Å². The van der Waals surface area contributed by atoms with Gasteiger partial charge >= 0.3 is 0 Å². The molecule has 2 aromatic rings. The van der Waals surface area contributed by atoms with Gasteiger partial charge in [-0.3, -0.25) is 0 Å². The Hall–Kier alpha value is -2.05. The van der Waals surface area contributed by atoms with Crippen LogP contribution >= 0.6 is 0 Å². The fourth-order valence-electron chi connectivity index (χ4n) is 1.58. The Morgan fingerprint density at radius 1 is 1.25 bits per heavy atom. The molecule has 16 heavy (non-hydrogen) atoms. The molecule has 0 unspecified atom stereocenters. The van der Waals surface area contributed by atoms with Gasteiger partial charge in [0.25, 0.3) is 0 Å². The molecule has 0 amide bonds.